The van der Waals surface area contributed by atoms with E-state index < -0.39 is 8.07 Å². The summed E-state index contributed by atoms with van der Waals surface area (Å²) in [6, 6.07) is 91.4. The number of fused-ring (bicyclic) bond motifs is 7. The Morgan fingerprint density at radius 3 is 1.37 bits per heavy atom. The van der Waals surface area contributed by atoms with Crippen molar-refractivity contribution in [3.8, 4) is 33.6 Å². The Labute approximate surface area is 418 Å². The highest BCUT2D eigenvalue weighted by Crippen LogP contribution is 2.46. The van der Waals surface area contributed by atoms with E-state index in [1.165, 1.54) is 111 Å². The molecule has 3 heteroatoms. The lowest BCUT2D eigenvalue weighted by atomic mass is 9.63. The van der Waals surface area contributed by atoms with E-state index in [2.05, 4.69) is 279 Å². The van der Waals surface area contributed by atoms with E-state index in [0.717, 1.165) is 11.4 Å². The van der Waals surface area contributed by atoms with Crippen LogP contribution in [-0.2, 0) is 10.8 Å². The largest absolute Gasteiger partial charge is 0.309 e. The van der Waals surface area contributed by atoms with Gasteiger partial charge in [0, 0.05) is 32.9 Å². The molecule has 0 saturated carbocycles. The molecule has 2 heterocycles. The highest BCUT2D eigenvalue weighted by Gasteiger charge is 2.44. The molecule has 0 saturated heterocycles. The fourth-order valence-electron chi connectivity index (χ4n) is 12.4. The molecule has 342 valence electrons. The Morgan fingerprint density at radius 1 is 0.296 bits per heavy atom. The minimum atomic E-state index is -2.78. The van der Waals surface area contributed by atoms with Crippen LogP contribution < -0.4 is 20.7 Å². The number of benzene rings is 10. The van der Waals surface area contributed by atoms with Gasteiger partial charge in [-0.2, -0.15) is 0 Å². The average molecular weight is 929 g/mol. The third-order valence-corrected chi connectivity index (χ3v) is 20.9. The fraction of sp³-hybridized carbons (Fsp3) is 0.118. The molecule has 2 nitrogen and oxygen atoms in total. The molecule has 1 aliphatic carbocycles. The molecule has 0 bridgehead atoms. The number of aromatic nitrogens is 2. The lowest BCUT2D eigenvalue weighted by Crippen LogP contribution is -2.74. The van der Waals surface area contributed by atoms with Crippen LogP contribution in [0.15, 0.2) is 243 Å². The second kappa shape index (κ2) is 16.6. The number of para-hydroxylation sites is 2. The first kappa shape index (κ1) is 43.1. The van der Waals surface area contributed by atoms with Gasteiger partial charge in [-0.1, -0.05) is 216 Å². The highest BCUT2D eigenvalue weighted by molar-refractivity contribution is 7.19. The first-order valence-electron chi connectivity index (χ1n) is 25.3. The summed E-state index contributed by atoms with van der Waals surface area (Å²) in [5.41, 5.74) is 15.2. The maximum Gasteiger partial charge on any atom is 0.179 e. The summed E-state index contributed by atoms with van der Waals surface area (Å²) < 4.78 is 4.88. The van der Waals surface area contributed by atoms with Crippen LogP contribution in [0.3, 0.4) is 0 Å². The number of rotatable bonds is 8. The second-order valence-electron chi connectivity index (χ2n) is 21.1. The summed E-state index contributed by atoms with van der Waals surface area (Å²) >= 11 is 0. The van der Waals surface area contributed by atoms with Gasteiger partial charge in [-0.25, -0.2) is 0 Å². The molecule has 0 unspecified atom stereocenters. The summed E-state index contributed by atoms with van der Waals surface area (Å²) in [7, 11) is -2.78. The van der Waals surface area contributed by atoms with Crippen molar-refractivity contribution >= 4 is 72.4 Å². The monoisotopic (exact) mass is 928 g/mol. The Kier molecular flexibility index (Phi) is 10.1. The van der Waals surface area contributed by atoms with E-state index in [0.29, 0.717) is 0 Å². The summed E-state index contributed by atoms with van der Waals surface area (Å²) in [5.74, 6) is 0. The van der Waals surface area contributed by atoms with Crippen LogP contribution in [0.25, 0.3) is 77.2 Å². The van der Waals surface area contributed by atoms with E-state index in [9.17, 15) is 0 Å². The highest BCUT2D eigenvalue weighted by atomic mass is 28.3. The molecule has 2 aromatic heterocycles. The summed E-state index contributed by atoms with van der Waals surface area (Å²) in [4.78, 5) is 0. The third-order valence-electron chi connectivity index (χ3n) is 16.1. The minimum absolute atomic E-state index is 0.100. The zero-order valence-corrected chi connectivity index (χ0v) is 41.9. The van der Waals surface area contributed by atoms with Crippen molar-refractivity contribution < 1.29 is 0 Å². The Balaban J connectivity index is 0.934. The summed E-state index contributed by atoms with van der Waals surface area (Å²) in [6.07, 6.45) is 2.39. The lowest BCUT2D eigenvalue weighted by molar-refractivity contribution is 0.332. The molecule has 13 rings (SSSR count). The van der Waals surface area contributed by atoms with E-state index in [4.69, 9.17) is 0 Å². The molecule has 0 radical (unpaired) electrons. The van der Waals surface area contributed by atoms with E-state index in [1.54, 1.807) is 0 Å². The number of nitrogens with zero attached hydrogens (tertiary/aromatic N) is 2. The van der Waals surface area contributed by atoms with Crippen molar-refractivity contribution in [3.05, 3.63) is 254 Å². The predicted molar refractivity (Wildman–Crippen MR) is 305 cm³/mol. The van der Waals surface area contributed by atoms with Gasteiger partial charge in [-0.05, 0) is 132 Å². The minimum Gasteiger partial charge on any atom is -0.309 e. The van der Waals surface area contributed by atoms with Crippen molar-refractivity contribution in [2.75, 3.05) is 0 Å². The number of hydrogen-bond donors (Lipinski definition) is 0. The molecule has 0 N–H and O–H groups in total. The van der Waals surface area contributed by atoms with Crippen molar-refractivity contribution in [1.82, 2.24) is 9.13 Å². The Hall–Kier alpha value is -7.98. The van der Waals surface area contributed by atoms with Gasteiger partial charge in [-0.15, -0.1) is 0 Å². The van der Waals surface area contributed by atoms with Gasteiger partial charge in [-0.3, -0.25) is 0 Å². The predicted octanol–water partition coefficient (Wildman–Crippen LogP) is 14.9. The molecule has 0 fully saturated rings. The molecule has 12 aromatic rings. The standard InChI is InChI=1S/C68H56N2Si/c1-67(2)41-42-68(3,4)62-46-56(37-38-61(62)67)71(53-23-10-6-11-24-53,54-25-12-7-13-26-54)55-35-31-48(32-36-55)50-33-39-65-59(44-50)57-27-14-16-29-63(57)70(65)52-34-40-66-60(45-52)58-28-15-17-30-64(58)69(66)51-22-18-21-49(43-51)47-19-8-5-9-20-47/h5-40,43-46H,41-42H2,1-4H3. The van der Waals surface area contributed by atoms with Gasteiger partial charge in [0.15, 0.2) is 8.07 Å². The van der Waals surface area contributed by atoms with E-state index in [-0.39, 0.29) is 10.8 Å². The summed E-state index contributed by atoms with van der Waals surface area (Å²) in [6.45, 7) is 9.77. The molecule has 71 heavy (non-hydrogen) atoms. The van der Waals surface area contributed by atoms with Crippen LogP contribution in [0.1, 0.15) is 51.7 Å². The molecule has 0 amide bonds. The van der Waals surface area contributed by atoms with Crippen LogP contribution in [0.5, 0.6) is 0 Å². The lowest BCUT2D eigenvalue weighted by Gasteiger charge is -2.43. The first-order chi connectivity index (χ1) is 34.7. The van der Waals surface area contributed by atoms with Crippen molar-refractivity contribution in [1.29, 1.82) is 0 Å². The molecular weight excluding hydrogens is 873 g/mol. The fourth-order valence-corrected chi connectivity index (χ4v) is 17.1. The normalized spacial score (nSPS) is 14.3. The van der Waals surface area contributed by atoms with E-state index >= 15 is 0 Å². The SMILES string of the molecule is CC1(C)CCC(C)(C)c2cc([Si](c3ccccc3)(c3ccccc3)c3ccc(-c4ccc5c(c4)c4ccccc4n5-c4ccc5c(c4)c4ccccc4n5-c4cccc(-c5ccccc5)c4)cc3)ccc21. The van der Waals surface area contributed by atoms with Crippen LogP contribution in [-0.4, -0.2) is 17.2 Å². The van der Waals surface area contributed by atoms with Gasteiger partial charge < -0.3 is 9.13 Å². The molecule has 0 spiro atoms. The number of hydrogen-bond acceptors (Lipinski definition) is 0. The van der Waals surface area contributed by atoms with Crippen LogP contribution in [0, 0.1) is 0 Å². The molecule has 1 aliphatic rings. The van der Waals surface area contributed by atoms with E-state index in [1.807, 2.05) is 0 Å². The second-order valence-corrected chi connectivity index (χ2v) is 25.0. The Morgan fingerprint density at radius 2 is 0.732 bits per heavy atom. The van der Waals surface area contributed by atoms with Gasteiger partial charge in [0.25, 0.3) is 0 Å². The molecule has 10 aromatic carbocycles. The van der Waals surface area contributed by atoms with Crippen molar-refractivity contribution in [2.45, 2.75) is 51.4 Å². The summed E-state index contributed by atoms with van der Waals surface area (Å²) in [5, 5.41) is 10.6. The van der Waals surface area contributed by atoms with Crippen molar-refractivity contribution in [3.63, 3.8) is 0 Å². The van der Waals surface area contributed by atoms with Crippen LogP contribution >= 0.6 is 0 Å². The zero-order valence-electron chi connectivity index (χ0n) is 40.9. The van der Waals surface area contributed by atoms with Gasteiger partial charge >= 0.3 is 0 Å². The molecular formula is C68H56N2Si. The van der Waals surface area contributed by atoms with Crippen molar-refractivity contribution in [2.24, 2.45) is 0 Å². The average Bonchev–Trinajstić information content (AvgIpc) is 3.94. The third kappa shape index (κ3) is 6.89. The first-order valence-corrected chi connectivity index (χ1v) is 27.3. The van der Waals surface area contributed by atoms with Gasteiger partial charge in [0.05, 0.1) is 22.1 Å². The van der Waals surface area contributed by atoms with Gasteiger partial charge in [0.2, 0.25) is 0 Å². The maximum absolute atomic E-state index is 2.78. The Bertz CT molecular complexity index is 3930. The zero-order chi connectivity index (χ0) is 47.9. The topological polar surface area (TPSA) is 9.86 Å². The quantitative estimate of drug-likeness (QED) is 0.106. The van der Waals surface area contributed by atoms with Crippen LogP contribution in [0.4, 0.5) is 0 Å². The van der Waals surface area contributed by atoms with Gasteiger partial charge in [0.1, 0.15) is 0 Å². The maximum atomic E-state index is 2.63. The van der Waals surface area contributed by atoms with Crippen LogP contribution in [0.2, 0.25) is 0 Å². The molecule has 0 atom stereocenters. The smallest absolute Gasteiger partial charge is 0.179 e. The molecule has 0 aliphatic heterocycles.